The fraction of sp³-hybridized carbons (Fsp3) is 0.619. The van der Waals surface area contributed by atoms with E-state index in [0.717, 1.165) is 43.2 Å². The fourth-order valence-corrected chi connectivity index (χ4v) is 4.42. The van der Waals surface area contributed by atoms with Crippen LogP contribution in [0, 0.1) is 5.92 Å². The predicted molar refractivity (Wildman–Crippen MR) is 103 cm³/mol. The zero-order valence-corrected chi connectivity index (χ0v) is 17.1. The van der Waals surface area contributed by atoms with E-state index in [9.17, 15) is 13.2 Å². The summed E-state index contributed by atoms with van der Waals surface area (Å²) in [6, 6.07) is 3.36. The van der Waals surface area contributed by atoms with Gasteiger partial charge in [0.1, 0.15) is 11.3 Å². The molecule has 1 saturated carbocycles. The molecular formula is C21H26BrF3O. The Kier molecular flexibility index (Phi) is 5.76. The zero-order valence-electron chi connectivity index (χ0n) is 15.5. The molecule has 26 heavy (non-hydrogen) atoms. The van der Waals surface area contributed by atoms with Gasteiger partial charge in [-0.3, -0.25) is 0 Å². The average molecular weight is 431 g/mol. The largest absolute Gasteiger partial charge is 0.490 e. The standard InChI is InChI=1S/C21H26BrF3O/c1-12-4-6-16(7-5-12)26-19-9-8-17-13(2)10-15(14(3)22)11-18(17)20(19)21(23,24)25/h8-9,11-14,16H,4-7,10H2,1-3H3. The van der Waals surface area contributed by atoms with Crippen molar-refractivity contribution in [3.8, 4) is 5.75 Å². The van der Waals surface area contributed by atoms with E-state index >= 15 is 0 Å². The molecule has 0 spiro atoms. The van der Waals surface area contributed by atoms with Crippen molar-refractivity contribution in [3.63, 3.8) is 0 Å². The Morgan fingerprint density at radius 1 is 1.12 bits per heavy atom. The number of hydrogen-bond acceptors (Lipinski definition) is 1. The lowest BCUT2D eigenvalue weighted by molar-refractivity contribution is -0.139. The molecule has 1 aromatic carbocycles. The lowest BCUT2D eigenvalue weighted by atomic mass is 9.81. The fourth-order valence-electron chi connectivity index (χ4n) is 4.10. The molecule has 0 aliphatic heterocycles. The first-order valence-electron chi connectivity index (χ1n) is 9.42. The van der Waals surface area contributed by atoms with Gasteiger partial charge in [-0.15, -0.1) is 0 Å². The Morgan fingerprint density at radius 2 is 1.77 bits per heavy atom. The van der Waals surface area contributed by atoms with Crippen molar-refractivity contribution in [1.29, 1.82) is 0 Å². The molecule has 0 bridgehead atoms. The van der Waals surface area contributed by atoms with Gasteiger partial charge in [0.2, 0.25) is 0 Å². The van der Waals surface area contributed by atoms with E-state index in [0.29, 0.717) is 11.5 Å². The topological polar surface area (TPSA) is 9.23 Å². The summed E-state index contributed by atoms with van der Waals surface area (Å²) in [6.07, 6.45) is 1.61. The maximum Gasteiger partial charge on any atom is 0.420 e. The predicted octanol–water partition coefficient (Wildman–Crippen LogP) is 7.34. The van der Waals surface area contributed by atoms with Gasteiger partial charge in [-0.1, -0.05) is 47.5 Å². The van der Waals surface area contributed by atoms with Crippen LogP contribution in [-0.4, -0.2) is 10.9 Å². The number of ether oxygens (including phenoxy) is 1. The summed E-state index contributed by atoms with van der Waals surface area (Å²) in [5, 5.41) is 0. The molecule has 3 rings (SSSR count). The molecule has 2 aliphatic rings. The molecule has 1 fully saturated rings. The van der Waals surface area contributed by atoms with Crippen molar-refractivity contribution in [2.75, 3.05) is 0 Å². The molecule has 5 heteroatoms. The first-order chi connectivity index (χ1) is 12.2. The van der Waals surface area contributed by atoms with Crippen molar-refractivity contribution < 1.29 is 17.9 Å². The van der Waals surface area contributed by atoms with E-state index in [1.807, 2.05) is 19.9 Å². The third-order valence-electron chi connectivity index (χ3n) is 5.69. The molecule has 0 aromatic heterocycles. The van der Waals surface area contributed by atoms with Crippen molar-refractivity contribution >= 4 is 22.0 Å². The van der Waals surface area contributed by atoms with E-state index in [1.165, 1.54) is 6.07 Å². The molecule has 144 valence electrons. The number of rotatable bonds is 3. The summed E-state index contributed by atoms with van der Waals surface area (Å²) < 4.78 is 47.9. The number of benzene rings is 1. The number of fused-ring (bicyclic) bond motifs is 1. The summed E-state index contributed by atoms with van der Waals surface area (Å²) in [4.78, 5) is 0.0589. The number of alkyl halides is 4. The molecule has 2 aliphatic carbocycles. The highest BCUT2D eigenvalue weighted by atomic mass is 79.9. The molecule has 0 heterocycles. The minimum atomic E-state index is -4.43. The van der Waals surface area contributed by atoms with Crippen LogP contribution in [0.1, 0.15) is 75.5 Å². The molecule has 0 amide bonds. The molecule has 1 aromatic rings. The first kappa shape index (κ1) is 19.8. The highest BCUT2D eigenvalue weighted by molar-refractivity contribution is 9.09. The maximum atomic E-state index is 14.0. The SMILES string of the molecule is CC1CCC(Oc2ccc3c(c2C(F)(F)F)C=C(C(C)Br)CC3C)CC1. The van der Waals surface area contributed by atoms with Crippen LogP contribution in [0.4, 0.5) is 13.2 Å². The lowest BCUT2D eigenvalue weighted by Crippen LogP contribution is -2.25. The Bertz CT molecular complexity index is 685. The highest BCUT2D eigenvalue weighted by Crippen LogP contribution is 2.47. The number of hydrogen-bond donors (Lipinski definition) is 0. The van der Waals surface area contributed by atoms with Crippen LogP contribution in [0.25, 0.3) is 6.08 Å². The smallest absolute Gasteiger partial charge is 0.420 e. The van der Waals surface area contributed by atoms with E-state index in [4.69, 9.17) is 4.74 Å². The number of allylic oxidation sites excluding steroid dienone is 1. The lowest BCUT2D eigenvalue weighted by Gasteiger charge is -2.31. The van der Waals surface area contributed by atoms with Crippen molar-refractivity contribution in [3.05, 3.63) is 34.4 Å². The summed E-state index contributed by atoms with van der Waals surface area (Å²) in [7, 11) is 0. The van der Waals surface area contributed by atoms with Crippen LogP contribution in [0.3, 0.4) is 0 Å². The third-order valence-corrected chi connectivity index (χ3v) is 6.28. The summed E-state index contributed by atoms with van der Waals surface area (Å²) >= 11 is 3.51. The van der Waals surface area contributed by atoms with Crippen LogP contribution < -0.4 is 4.74 Å². The summed E-state index contributed by atoms with van der Waals surface area (Å²) in [5.41, 5.74) is 1.45. The quantitative estimate of drug-likeness (QED) is 0.455. The van der Waals surface area contributed by atoms with Gasteiger partial charge in [0, 0.05) is 4.83 Å². The minimum Gasteiger partial charge on any atom is -0.490 e. The van der Waals surface area contributed by atoms with Crippen molar-refractivity contribution in [2.24, 2.45) is 5.92 Å². The van der Waals surface area contributed by atoms with Crippen LogP contribution in [0.5, 0.6) is 5.75 Å². The van der Waals surface area contributed by atoms with E-state index < -0.39 is 11.7 Å². The van der Waals surface area contributed by atoms with Crippen molar-refractivity contribution in [1.82, 2.24) is 0 Å². The van der Waals surface area contributed by atoms with E-state index in [-0.39, 0.29) is 22.6 Å². The first-order valence-corrected chi connectivity index (χ1v) is 10.3. The van der Waals surface area contributed by atoms with Gasteiger partial charge < -0.3 is 4.74 Å². The molecule has 2 unspecified atom stereocenters. The molecule has 0 saturated heterocycles. The van der Waals surface area contributed by atoms with Crippen LogP contribution in [-0.2, 0) is 6.18 Å². The van der Waals surface area contributed by atoms with E-state index in [1.54, 1.807) is 6.08 Å². The molecular weight excluding hydrogens is 405 g/mol. The van der Waals surface area contributed by atoms with Gasteiger partial charge in [0.05, 0.1) is 6.10 Å². The maximum absolute atomic E-state index is 14.0. The van der Waals surface area contributed by atoms with Crippen LogP contribution >= 0.6 is 15.9 Å². The van der Waals surface area contributed by atoms with E-state index in [2.05, 4.69) is 22.9 Å². The highest BCUT2D eigenvalue weighted by Gasteiger charge is 2.40. The third kappa shape index (κ3) is 4.13. The molecule has 2 atom stereocenters. The summed E-state index contributed by atoms with van der Waals surface area (Å²) in [6.45, 7) is 6.14. The van der Waals surface area contributed by atoms with Gasteiger partial charge in [-0.25, -0.2) is 0 Å². The average Bonchev–Trinajstić information content (AvgIpc) is 2.55. The Morgan fingerprint density at radius 3 is 2.35 bits per heavy atom. The number of halogens is 4. The van der Waals surface area contributed by atoms with Gasteiger partial charge in [0.15, 0.2) is 0 Å². The van der Waals surface area contributed by atoms with Gasteiger partial charge in [-0.05, 0) is 68.1 Å². The second-order valence-electron chi connectivity index (χ2n) is 7.88. The second-order valence-corrected chi connectivity index (χ2v) is 9.25. The molecule has 0 radical (unpaired) electrons. The van der Waals surface area contributed by atoms with Gasteiger partial charge in [-0.2, -0.15) is 13.2 Å². The second kappa shape index (κ2) is 7.57. The Labute approximate surface area is 162 Å². The zero-order chi connectivity index (χ0) is 19.1. The Balaban J connectivity index is 2.03. The minimum absolute atomic E-state index is 0.0114. The molecule has 0 N–H and O–H groups in total. The van der Waals surface area contributed by atoms with Crippen LogP contribution in [0.2, 0.25) is 0 Å². The van der Waals surface area contributed by atoms with Gasteiger partial charge in [0.25, 0.3) is 0 Å². The Hall–Kier alpha value is -0.970. The summed E-state index contributed by atoms with van der Waals surface area (Å²) in [5.74, 6) is 0.686. The normalized spacial score (nSPS) is 27.5. The molecule has 1 nitrogen and oxygen atoms in total. The van der Waals surface area contributed by atoms with Crippen molar-refractivity contribution in [2.45, 2.75) is 75.9 Å². The monoisotopic (exact) mass is 430 g/mol. The van der Waals surface area contributed by atoms with Gasteiger partial charge >= 0.3 is 6.18 Å². The van der Waals surface area contributed by atoms with Crippen LogP contribution in [0.15, 0.2) is 17.7 Å².